The number of nitrogens with zero attached hydrogens (tertiary/aromatic N) is 4. The van der Waals surface area contributed by atoms with Crippen LogP contribution < -0.4 is 4.74 Å². The standard InChI is InChI=1S/C26H44N4O5S/c1-5-30(36(32,33)26-22(2)19-24(34-4)20-23(26)3)17-18-35-21-25(31)29-15-13-28(14-16-29)12-8-11-27-9-6-7-10-27/h19-20H,5-18,21H2,1-4H3. The number of ether oxygens (including phenoxy) is 2. The number of benzene rings is 1. The summed E-state index contributed by atoms with van der Waals surface area (Å²) < 4.78 is 38.9. The topological polar surface area (TPSA) is 82.6 Å². The van der Waals surface area contributed by atoms with E-state index in [1.807, 2.05) is 11.8 Å². The van der Waals surface area contributed by atoms with Crippen molar-refractivity contribution in [3.8, 4) is 5.75 Å². The first kappa shape index (κ1) is 28.8. The lowest BCUT2D eigenvalue weighted by atomic mass is 10.1. The SMILES string of the molecule is CCN(CCOCC(=O)N1CCN(CCCN2CCCC2)CC1)S(=O)(=O)c1c(C)cc(OC)cc1C. The van der Waals surface area contributed by atoms with E-state index in [0.29, 0.717) is 28.3 Å². The Morgan fingerprint density at radius 1 is 0.972 bits per heavy atom. The average Bonchev–Trinajstić information content (AvgIpc) is 3.37. The Morgan fingerprint density at radius 3 is 2.11 bits per heavy atom. The van der Waals surface area contributed by atoms with Crippen molar-refractivity contribution in [1.29, 1.82) is 0 Å². The van der Waals surface area contributed by atoms with Crippen LogP contribution in [0.15, 0.2) is 17.0 Å². The number of carbonyl (C=O) groups excluding carboxylic acids is 1. The minimum Gasteiger partial charge on any atom is -0.497 e. The third-order valence-corrected chi connectivity index (χ3v) is 9.48. The van der Waals surface area contributed by atoms with Crippen molar-refractivity contribution in [3.05, 3.63) is 23.3 Å². The highest BCUT2D eigenvalue weighted by atomic mass is 32.2. The molecule has 3 rings (SSSR count). The summed E-state index contributed by atoms with van der Waals surface area (Å²) in [6.45, 7) is 14.0. The molecular formula is C26H44N4O5S. The van der Waals surface area contributed by atoms with Crippen LogP contribution in [-0.2, 0) is 19.6 Å². The molecule has 0 saturated carbocycles. The minimum absolute atomic E-state index is 0.0207. The van der Waals surface area contributed by atoms with Crippen molar-refractivity contribution >= 4 is 15.9 Å². The maximum Gasteiger partial charge on any atom is 0.248 e. The molecule has 9 nitrogen and oxygen atoms in total. The molecule has 0 bridgehead atoms. The number of methoxy groups -OCH3 is 1. The van der Waals surface area contributed by atoms with Crippen molar-refractivity contribution in [1.82, 2.24) is 19.0 Å². The van der Waals surface area contributed by atoms with Crippen LogP contribution in [0, 0.1) is 13.8 Å². The summed E-state index contributed by atoms with van der Waals surface area (Å²) in [7, 11) is -2.12. The van der Waals surface area contributed by atoms with Crippen LogP contribution in [0.25, 0.3) is 0 Å². The van der Waals surface area contributed by atoms with E-state index in [4.69, 9.17) is 9.47 Å². The number of piperazine rings is 1. The van der Waals surface area contributed by atoms with Gasteiger partial charge < -0.3 is 19.3 Å². The summed E-state index contributed by atoms with van der Waals surface area (Å²) in [4.78, 5) is 19.8. The highest BCUT2D eigenvalue weighted by Gasteiger charge is 2.27. The Hall–Kier alpha value is -1.72. The fourth-order valence-corrected chi connectivity index (χ4v) is 7.02. The summed E-state index contributed by atoms with van der Waals surface area (Å²) in [5.74, 6) is 0.608. The zero-order valence-electron chi connectivity index (χ0n) is 22.5. The van der Waals surface area contributed by atoms with Crippen molar-refractivity contribution in [2.75, 3.05) is 85.8 Å². The van der Waals surface area contributed by atoms with Crippen LogP contribution in [0.2, 0.25) is 0 Å². The van der Waals surface area contributed by atoms with Crippen LogP contribution in [0.4, 0.5) is 0 Å². The van der Waals surface area contributed by atoms with Gasteiger partial charge in [-0.05, 0) is 82.5 Å². The molecule has 2 fully saturated rings. The smallest absolute Gasteiger partial charge is 0.248 e. The molecule has 204 valence electrons. The van der Waals surface area contributed by atoms with Gasteiger partial charge in [0.05, 0.1) is 18.6 Å². The molecule has 2 aliphatic heterocycles. The van der Waals surface area contributed by atoms with E-state index < -0.39 is 10.0 Å². The third kappa shape index (κ3) is 7.64. The molecule has 0 atom stereocenters. The molecule has 36 heavy (non-hydrogen) atoms. The zero-order chi connectivity index (χ0) is 26.1. The van der Waals surface area contributed by atoms with Gasteiger partial charge in [0.15, 0.2) is 0 Å². The third-order valence-electron chi connectivity index (χ3n) is 7.20. The van der Waals surface area contributed by atoms with E-state index in [-0.39, 0.29) is 25.7 Å². The van der Waals surface area contributed by atoms with Gasteiger partial charge in [0.1, 0.15) is 12.4 Å². The van der Waals surface area contributed by atoms with Gasteiger partial charge in [-0.25, -0.2) is 8.42 Å². The van der Waals surface area contributed by atoms with Gasteiger partial charge >= 0.3 is 0 Å². The summed E-state index contributed by atoms with van der Waals surface area (Å²) in [5.41, 5.74) is 1.30. The number of hydrogen-bond donors (Lipinski definition) is 0. The monoisotopic (exact) mass is 524 g/mol. The number of rotatable bonds is 13. The first-order chi connectivity index (χ1) is 17.3. The Labute approximate surface area is 217 Å². The zero-order valence-corrected chi connectivity index (χ0v) is 23.3. The highest BCUT2D eigenvalue weighted by Crippen LogP contribution is 2.28. The largest absolute Gasteiger partial charge is 0.497 e. The second kappa shape index (κ2) is 13.7. The Kier molecular flexibility index (Phi) is 11.0. The molecule has 0 radical (unpaired) electrons. The normalized spacial score (nSPS) is 17.8. The fourth-order valence-electron chi connectivity index (χ4n) is 5.17. The maximum atomic E-state index is 13.3. The summed E-state index contributed by atoms with van der Waals surface area (Å²) in [5, 5.41) is 0. The Balaban J connectivity index is 1.39. The molecule has 10 heteroatoms. The van der Waals surface area contributed by atoms with E-state index in [1.54, 1.807) is 33.1 Å². The predicted octanol–water partition coefficient (Wildman–Crippen LogP) is 1.97. The number of likely N-dealkylation sites (N-methyl/N-ethyl adjacent to an activating group) is 1. The second-order valence-electron chi connectivity index (χ2n) is 9.76. The van der Waals surface area contributed by atoms with Crippen molar-refractivity contribution in [2.24, 2.45) is 0 Å². The van der Waals surface area contributed by atoms with Crippen molar-refractivity contribution in [2.45, 2.75) is 44.9 Å². The van der Waals surface area contributed by atoms with E-state index >= 15 is 0 Å². The van der Waals surface area contributed by atoms with Crippen LogP contribution in [-0.4, -0.2) is 119 Å². The molecule has 1 aromatic carbocycles. The molecule has 0 aromatic heterocycles. The molecule has 2 saturated heterocycles. The summed E-state index contributed by atoms with van der Waals surface area (Å²) in [6, 6.07) is 3.46. The molecule has 0 spiro atoms. The van der Waals surface area contributed by atoms with Crippen LogP contribution in [0.1, 0.15) is 37.3 Å². The molecule has 0 N–H and O–H groups in total. The van der Waals surface area contributed by atoms with E-state index in [1.165, 1.54) is 43.2 Å². The average molecular weight is 525 g/mol. The second-order valence-corrected chi connectivity index (χ2v) is 11.6. The van der Waals surface area contributed by atoms with Gasteiger partial charge in [-0.15, -0.1) is 0 Å². The lowest BCUT2D eigenvalue weighted by Gasteiger charge is -2.35. The predicted molar refractivity (Wildman–Crippen MR) is 141 cm³/mol. The number of amides is 1. The van der Waals surface area contributed by atoms with Crippen LogP contribution >= 0.6 is 0 Å². The number of carbonyl (C=O) groups is 1. The Bertz CT molecular complexity index is 934. The lowest BCUT2D eigenvalue weighted by molar-refractivity contribution is -0.137. The quantitative estimate of drug-likeness (QED) is 0.365. The van der Waals surface area contributed by atoms with Gasteiger partial charge in [0, 0.05) is 39.3 Å². The van der Waals surface area contributed by atoms with Gasteiger partial charge in [-0.1, -0.05) is 6.92 Å². The molecule has 2 heterocycles. The van der Waals surface area contributed by atoms with E-state index in [9.17, 15) is 13.2 Å². The fraction of sp³-hybridized carbons (Fsp3) is 0.731. The van der Waals surface area contributed by atoms with Crippen LogP contribution in [0.3, 0.4) is 0 Å². The first-order valence-electron chi connectivity index (χ1n) is 13.2. The molecule has 0 aliphatic carbocycles. The van der Waals surface area contributed by atoms with Crippen molar-refractivity contribution in [3.63, 3.8) is 0 Å². The van der Waals surface area contributed by atoms with Gasteiger partial charge in [-0.3, -0.25) is 9.69 Å². The van der Waals surface area contributed by atoms with E-state index in [0.717, 1.165) is 32.7 Å². The van der Waals surface area contributed by atoms with E-state index in [2.05, 4.69) is 9.80 Å². The number of likely N-dealkylation sites (tertiary alicyclic amines) is 1. The molecular weight excluding hydrogens is 480 g/mol. The summed E-state index contributed by atoms with van der Waals surface area (Å²) >= 11 is 0. The molecule has 1 amide bonds. The summed E-state index contributed by atoms with van der Waals surface area (Å²) in [6.07, 6.45) is 3.85. The van der Waals surface area contributed by atoms with Gasteiger partial charge in [0.2, 0.25) is 15.9 Å². The first-order valence-corrected chi connectivity index (χ1v) is 14.7. The maximum absolute atomic E-state index is 13.3. The van der Waals surface area contributed by atoms with Gasteiger partial charge in [-0.2, -0.15) is 4.31 Å². The highest BCUT2D eigenvalue weighted by molar-refractivity contribution is 7.89. The van der Waals surface area contributed by atoms with Crippen LogP contribution in [0.5, 0.6) is 5.75 Å². The molecule has 0 unspecified atom stereocenters. The lowest BCUT2D eigenvalue weighted by Crippen LogP contribution is -2.50. The number of sulfonamides is 1. The number of aryl methyl sites for hydroxylation is 2. The van der Waals surface area contributed by atoms with Gasteiger partial charge in [0.25, 0.3) is 0 Å². The Morgan fingerprint density at radius 2 is 1.56 bits per heavy atom. The molecule has 2 aliphatic rings. The minimum atomic E-state index is -3.68. The molecule has 1 aromatic rings. The number of hydrogen-bond acceptors (Lipinski definition) is 7. The van der Waals surface area contributed by atoms with Crippen molar-refractivity contribution < 1.29 is 22.7 Å².